The van der Waals surface area contributed by atoms with E-state index in [9.17, 15) is 5.11 Å². The molecule has 1 aromatic heterocycles. The molecule has 2 aliphatic carbocycles. The van der Waals surface area contributed by atoms with E-state index in [1.165, 1.54) is 29.8 Å². The van der Waals surface area contributed by atoms with Crippen LogP contribution in [0.3, 0.4) is 0 Å². The molecule has 1 aromatic rings. The minimum atomic E-state index is -0.245. The van der Waals surface area contributed by atoms with E-state index in [0.29, 0.717) is 12.1 Å². The van der Waals surface area contributed by atoms with Gasteiger partial charge in [-0.3, -0.25) is 0 Å². The smallest absolute Gasteiger partial charge is 0.0811 e. The number of hydrogen-bond acceptors (Lipinski definition) is 2. The number of fused-ring (bicyclic) bond motifs is 1. The van der Waals surface area contributed by atoms with E-state index in [1.54, 1.807) is 0 Å². The third-order valence-electron chi connectivity index (χ3n) is 5.14. The van der Waals surface area contributed by atoms with Crippen molar-refractivity contribution in [1.29, 1.82) is 0 Å². The molecule has 0 spiro atoms. The van der Waals surface area contributed by atoms with Gasteiger partial charge in [-0.05, 0) is 57.4 Å². The van der Waals surface area contributed by atoms with Gasteiger partial charge in [-0.25, -0.2) is 0 Å². The molecule has 3 unspecified atom stereocenters. The van der Waals surface area contributed by atoms with Gasteiger partial charge in [0.25, 0.3) is 0 Å². The maximum atomic E-state index is 10.2. The van der Waals surface area contributed by atoms with E-state index in [-0.39, 0.29) is 6.10 Å². The van der Waals surface area contributed by atoms with Crippen molar-refractivity contribution in [2.24, 2.45) is 5.92 Å². The van der Waals surface area contributed by atoms with Crippen molar-refractivity contribution in [3.63, 3.8) is 0 Å². The Morgan fingerprint density at radius 2 is 2.11 bits per heavy atom. The van der Waals surface area contributed by atoms with Crippen LogP contribution < -0.4 is 0 Å². The molecule has 2 fully saturated rings. The van der Waals surface area contributed by atoms with Gasteiger partial charge in [0.1, 0.15) is 0 Å². The topological polar surface area (TPSA) is 34.4 Å². The summed E-state index contributed by atoms with van der Waals surface area (Å²) in [5.41, 5.74) is 3.88. The lowest BCUT2D eigenvalue weighted by Gasteiger charge is -2.27. The average Bonchev–Trinajstić information content (AvgIpc) is 3.02. The Hall–Kier alpha value is -0.800. The number of aliphatic hydroxyl groups is 1. The first-order chi connectivity index (χ1) is 9.25. The highest BCUT2D eigenvalue weighted by Gasteiger charge is 2.42. The van der Waals surface area contributed by atoms with Crippen molar-refractivity contribution in [1.82, 2.24) is 4.57 Å². The minimum Gasteiger partial charge on any atom is -0.388 e. The van der Waals surface area contributed by atoms with Crippen LogP contribution in [0.2, 0.25) is 0 Å². The van der Waals surface area contributed by atoms with E-state index in [0.717, 1.165) is 38.2 Å². The lowest BCUT2D eigenvalue weighted by Crippen LogP contribution is -2.25. The fourth-order valence-corrected chi connectivity index (χ4v) is 4.11. The summed E-state index contributed by atoms with van der Waals surface area (Å²) in [5.74, 6) is 0.790. The van der Waals surface area contributed by atoms with E-state index in [2.05, 4.69) is 17.6 Å². The quantitative estimate of drug-likeness (QED) is 0.888. The molecule has 104 valence electrons. The molecule has 3 nitrogen and oxygen atoms in total. The van der Waals surface area contributed by atoms with Gasteiger partial charge in [-0.1, -0.05) is 0 Å². The largest absolute Gasteiger partial charge is 0.388 e. The summed E-state index contributed by atoms with van der Waals surface area (Å²) < 4.78 is 8.51. The number of ether oxygens (including phenoxy) is 1. The van der Waals surface area contributed by atoms with Crippen LogP contribution in [0.15, 0.2) is 6.07 Å². The van der Waals surface area contributed by atoms with Crippen molar-refractivity contribution in [3.05, 3.63) is 23.0 Å². The standard InChI is InChI=1S/C16H23NO2/c1-10-9-12-13(3-2-4-15(12)18)17(10)14-7-8-19-16(14)11-5-6-11/h9,11,14-16,18H,2-8H2,1H3. The fourth-order valence-electron chi connectivity index (χ4n) is 4.11. The van der Waals surface area contributed by atoms with Crippen molar-refractivity contribution in [2.45, 2.75) is 63.7 Å². The number of aryl methyl sites for hydroxylation is 1. The molecule has 4 rings (SSSR count). The number of nitrogens with zero attached hydrogens (tertiary/aromatic N) is 1. The number of aliphatic hydroxyl groups excluding tert-OH is 1. The normalized spacial score (nSPS) is 34.5. The Morgan fingerprint density at radius 1 is 1.26 bits per heavy atom. The first kappa shape index (κ1) is 12.0. The highest BCUT2D eigenvalue weighted by molar-refractivity contribution is 5.33. The molecule has 3 aliphatic rings. The predicted octanol–water partition coefficient (Wildman–Crippen LogP) is 2.91. The second kappa shape index (κ2) is 4.35. The van der Waals surface area contributed by atoms with Gasteiger partial charge in [0.05, 0.1) is 18.2 Å². The Bertz CT molecular complexity index is 489. The molecule has 0 amide bonds. The van der Waals surface area contributed by atoms with Gasteiger partial charge >= 0.3 is 0 Å². The zero-order valence-corrected chi connectivity index (χ0v) is 11.6. The highest BCUT2D eigenvalue weighted by atomic mass is 16.5. The van der Waals surface area contributed by atoms with Gasteiger partial charge in [0.2, 0.25) is 0 Å². The van der Waals surface area contributed by atoms with Crippen molar-refractivity contribution in [3.8, 4) is 0 Å². The number of rotatable bonds is 2. The average molecular weight is 261 g/mol. The fraction of sp³-hybridized carbons (Fsp3) is 0.750. The monoisotopic (exact) mass is 261 g/mol. The van der Waals surface area contributed by atoms with Gasteiger partial charge < -0.3 is 14.4 Å². The first-order valence-electron chi connectivity index (χ1n) is 7.76. The van der Waals surface area contributed by atoms with Crippen LogP contribution in [0.5, 0.6) is 0 Å². The zero-order chi connectivity index (χ0) is 13.0. The van der Waals surface area contributed by atoms with Crippen LogP contribution in [0.1, 0.15) is 61.2 Å². The molecule has 3 atom stereocenters. The Morgan fingerprint density at radius 3 is 2.89 bits per heavy atom. The molecule has 1 N–H and O–H groups in total. The molecular weight excluding hydrogens is 238 g/mol. The predicted molar refractivity (Wildman–Crippen MR) is 73.2 cm³/mol. The lowest BCUT2D eigenvalue weighted by molar-refractivity contribution is 0.0737. The van der Waals surface area contributed by atoms with Gasteiger partial charge in [0, 0.05) is 23.6 Å². The molecule has 0 aromatic carbocycles. The maximum Gasteiger partial charge on any atom is 0.0811 e. The molecule has 1 saturated heterocycles. The van der Waals surface area contributed by atoms with Gasteiger partial charge in [-0.2, -0.15) is 0 Å². The molecule has 0 bridgehead atoms. The third kappa shape index (κ3) is 1.86. The summed E-state index contributed by atoms with van der Waals surface area (Å²) in [6.07, 6.45) is 7.15. The summed E-state index contributed by atoms with van der Waals surface area (Å²) in [6, 6.07) is 2.73. The Kier molecular flexibility index (Phi) is 2.75. The van der Waals surface area contributed by atoms with Crippen LogP contribution >= 0.6 is 0 Å². The SMILES string of the molecule is Cc1cc2c(n1C1CCOC1C1CC1)CCCC2O. The summed E-state index contributed by atoms with van der Waals surface area (Å²) in [7, 11) is 0. The van der Waals surface area contributed by atoms with Gasteiger partial charge in [-0.15, -0.1) is 0 Å². The van der Waals surface area contributed by atoms with Crippen molar-refractivity contribution in [2.75, 3.05) is 6.61 Å². The van der Waals surface area contributed by atoms with Crippen LogP contribution in [-0.4, -0.2) is 22.4 Å². The number of aromatic nitrogens is 1. The Labute approximate surface area is 114 Å². The van der Waals surface area contributed by atoms with Crippen LogP contribution in [0, 0.1) is 12.8 Å². The molecule has 19 heavy (non-hydrogen) atoms. The zero-order valence-electron chi connectivity index (χ0n) is 11.6. The van der Waals surface area contributed by atoms with E-state index in [1.807, 2.05) is 0 Å². The first-order valence-corrected chi connectivity index (χ1v) is 7.76. The summed E-state index contributed by atoms with van der Waals surface area (Å²) in [6.45, 7) is 3.09. The summed E-state index contributed by atoms with van der Waals surface area (Å²) >= 11 is 0. The molecule has 0 radical (unpaired) electrons. The number of hydrogen-bond donors (Lipinski definition) is 1. The van der Waals surface area contributed by atoms with Crippen molar-refractivity contribution >= 4 is 0 Å². The molecular formula is C16H23NO2. The van der Waals surface area contributed by atoms with Crippen molar-refractivity contribution < 1.29 is 9.84 Å². The summed E-state index contributed by atoms with van der Waals surface area (Å²) in [5, 5.41) is 10.2. The summed E-state index contributed by atoms with van der Waals surface area (Å²) in [4.78, 5) is 0. The van der Waals surface area contributed by atoms with Crippen LogP contribution in [0.4, 0.5) is 0 Å². The van der Waals surface area contributed by atoms with E-state index < -0.39 is 0 Å². The maximum absolute atomic E-state index is 10.2. The van der Waals surface area contributed by atoms with E-state index >= 15 is 0 Å². The molecule has 1 aliphatic heterocycles. The highest BCUT2D eigenvalue weighted by Crippen LogP contribution is 2.45. The lowest BCUT2D eigenvalue weighted by atomic mass is 9.94. The van der Waals surface area contributed by atoms with Gasteiger partial charge in [0.15, 0.2) is 0 Å². The third-order valence-corrected chi connectivity index (χ3v) is 5.14. The molecule has 3 heteroatoms. The van der Waals surface area contributed by atoms with E-state index in [4.69, 9.17) is 4.74 Å². The second-order valence-electron chi connectivity index (χ2n) is 6.49. The second-order valence-corrected chi connectivity index (χ2v) is 6.49. The Balaban J connectivity index is 1.74. The van der Waals surface area contributed by atoms with Crippen LogP contribution in [0.25, 0.3) is 0 Å². The molecule has 1 saturated carbocycles. The molecule has 2 heterocycles. The minimum absolute atomic E-state index is 0.245. The van der Waals surface area contributed by atoms with Crippen LogP contribution in [-0.2, 0) is 11.2 Å².